The molecule has 0 radical (unpaired) electrons. The summed E-state index contributed by atoms with van der Waals surface area (Å²) >= 11 is 0. The Kier molecular flexibility index (Phi) is 6.32. The van der Waals surface area contributed by atoms with E-state index in [4.69, 9.17) is 9.47 Å². The van der Waals surface area contributed by atoms with E-state index >= 15 is 0 Å². The number of benzene rings is 1. The SMILES string of the molecule is CCCOc1ccc(C(O)C(CC)(CC)OC)cc1. The second-order valence-electron chi connectivity index (χ2n) is 4.80. The predicted molar refractivity (Wildman–Crippen MR) is 77.5 cm³/mol. The van der Waals surface area contributed by atoms with Crippen LogP contribution in [0, 0.1) is 0 Å². The van der Waals surface area contributed by atoms with Gasteiger partial charge in [-0.15, -0.1) is 0 Å². The van der Waals surface area contributed by atoms with Crippen LogP contribution in [0.4, 0.5) is 0 Å². The van der Waals surface area contributed by atoms with Gasteiger partial charge in [-0.25, -0.2) is 0 Å². The third-order valence-electron chi connectivity index (χ3n) is 3.77. The molecular formula is C16H26O3. The molecule has 1 N–H and O–H groups in total. The van der Waals surface area contributed by atoms with Gasteiger partial charge in [0.05, 0.1) is 12.2 Å². The van der Waals surface area contributed by atoms with Crippen molar-refractivity contribution in [1.82, 2.24) is 0 Å². The smallest absolute Gasteiger partial charge is 0.119 e. The minimum absolute atomic E-state index is 0.508. The Labute approximate surface area is 116 Å². The first-order valence-corrected chi connectivity index (χ1v) is 7.09. The molecule has 3 nitrogen and oxygen atoms in total. The summed E-state index contributed by atoms with van der Waals surface area (Å²) in [6, 6.07) is 7.63. The van der Waals surface area contributed by atoms with Crippen LogP contribution in [0.3, 0.4) is 0 Å². The molecule has 19 heavy (non-hydrogen) atoms. The van der Waals surface area contributed by atoms with Gasteiger partial charge in [-0.3, -0.25) is 0 Å². The lowest BCUT2D eigenvalue weighted by molar-refractivity contribution is -0.109. The van der Waals surface area contributed by atoms with Crippen LogP contribution in [0.15, 0.2) is 24.3 Å². The van der Waals surface area contributed by atoms with Crippen molar-refractivity contribution < 1.29 is 14.6 Å². The highest BCUT2D eigenvalue weighted by molar-refractivity contribution is 5.29. The summed E-state index contributed by atoms with van der Waals surface area (Å²) < 4.78 is 11.1. The Morgan fingerprint density at radius 2 is 1.68 bits per heavy atom. The highest BCUT2D eigenvalue weighted by atomic mass is 16.5. The summed E-state index contributed by atoms with van der Waals surface area (Å²) in [6.07, 6.45) is 1.92. The van der Waals surface area contributed by atoms with Crippen molar-refractivity contribution in [3.05, 3.63) is 29.8 Å². The van der Waals surface area contributed by atoms with E-state index in [-0.39, 0.29) is 0 Å². The topological polar surface area (TPSA) is 38.7 Å². The second-order valence-corrected chi connectivity index (χ2v) is 4.80. The van der Waals surface area contributed by atoms with Crippen molar-refractivity contribution in [2.24, 2.45) is 0 Å². The molecule has 3 heteroatoms. The third kappa shape index (κ3) is 3.71. The first-order valence-electron chi connectivity index (χ1n) is 7.09. The molecule has 1 aromatic carbocycles. The molecule has 0 saturated carbocycles. The Bertz CT molecular complexity index is 346. The molecule has 0 aromatic heterocycles. The normalized spacial score (nSPS) is 13.3. The molecule has 108 valence electrons. The molecule has 1 unspecified atom stereocenters. The van der Waals surface area contributed by atoms with Crippen molar-refractivity contribution in [3.8, 4) is 5.75 Å². The quantitative estimate of drug-likeness (QED) is 0.779. The van der Waals surface area contributed by atoms with E-state index in [1.807, 2.05) is 38.1 Å². The van der Waals surface area contributed by atoms with E-state index < -0.39 is 11.7 Å². The summed E-state index contributed by atoms with van der Waals surface area (Å²) in [7, 11) is 1.66. The summed E-state index contributed by atoms with van der Waals surface area (Å²) in [5, 5.41) is 10.5. The summed E-state index contributed by atoms with van der Waals surface area (Å²) in [5.41, 5.74) is 0.362. The van der Waals surface area contributed by atoms with Gasteiger partial charge in [-0.05, 0) is 37.0 Å². The fourth-order valence-electron chi connectivity index (χ4n) is 2.31. The van der Waals surface area contributed by atoms with E-state index in [0.717, 1.165) is 30.6 Å². The Morgan fingerprint density at radius 3 is 2.11 bits per heavy atom. The highest BCUT2D eigenvalue weighted by Crippen LogP contribution is 2.35. The van der Waals surface area contributed by atoms with Crippen LogP contribution in [-0.4, -0.2) is 24.4 Å². The maximum Gasteiger partial charge on any atom is 0.119 e. The van der Waals surface area contributed by atoms with Crippen LogP contribution in [0.25, 0.3) is 0 Å². The minimum Gasteiger partial charge on any atom is -0.494 e. The van der Waals surface area contributed by atoms with Crippen molar-refractivity contribution in [1.29, 1.82) is 0 Å². The van der Waals surface area contributed by atoms with Gasteiger partial charge >= 0.3 is 0 Å². The monoisotopic (exact) mass is 266 g/mol. The van der Waals surface area contributed by atoms with Crippen molar-refractivity contribution in [3.63, 3.8) is 0 Å². The summed E-state index contributed by atoms with van der Waals surface area (Å²) in [5.74, 6) is 0.841. The Hall–Kier alpha value is -1.06. The van der Waals surface area contributed by atoms with Gasteiger partial charge in [0.2, 0.25) is 0 Å². The lowest BCUT2D eigenvalue weighted by atomic mass is 9.86. The van der Waals surface area contributed by atoms with Gasteiger partial charge in [-0.2, -0.15) is 0 Å². The molecule has 0 saturated heterocycles. The van der Waals surface area contributed by atoms with E-state index in [9.17, 15) is 5.11 Å². The molecule has 0 aliphatic rings. The van der Waals surface area contributed by atoms with Crippen LogP contribution < -0.4 is 4.74 Å². The second kappa shape index (κ2) is 7.51. The molecule has 0 heterocycles. The van der Waals surface area contributed by atoms with E-state index in [1.165, 1.54) is 0 Å². The van der Waals surface area contributed by atoms with Crippen LogP contribution in [-0.2, 0) is 4.74 Å². The highest BCUT2D eigenvalue weighted by Gasteiger charge is 2.35. The zero-order valence-electron chi connectivity index (χ0n) is 12.5. The number of hydrogen-bond acceptors (Lipinski definition) is 3. The van der Waals surface area contributed by atoms with Crippen molar-refractivity contribution in [2.45, 2.75) is 51.7 Å². The molecule has 0 fully saturated rings. The molecule has 1 atom stereocenters. The molecule has 0 bridgehead atoms. The first-order chi connectivity index (χ1) is 9.13. The molecule has 1 aromatic rings. The fourth-order valence-corrected chi connectivity index (χ4v) is 2.31. The maximum absolute atomic E-state index is 10.5. The average Bonchev–Trinajstić information content (AvgIpc) is 2.48. The van der Waals surface area contributed by atoms with Gasteiger partial charge < -0.3 is 14.6 Å². The van der Waals surface area contributed by atoms with Gasteiger partial charge in [0.1, 0.15) is 11.9 Å². The van der Waals surface area contributed by atoms with Gasteiger partial charge in [-0.1, -0.05) is 32.9 Å². The molecule has 0 amide bonds. The predicted octanol–water partition coefficient (Wildman–Crippen LogP) is 3.71. The van der Waals surface area contributed by atoms with Crippen molar-refractivity contribution in [2.75, 3.05) is 13.7 Å². The largest absolute Gasteiger partial charge is 0.494 e. The summed E-state index contributed by atoms with van der Waals surface area (Å²) in [6.45, 7) is 6.87. The van der Waals surface area contributed by atoms with Gasteiger partial charge in [0, 0.05) is 7.11 Å². The van der Waals surface area contributed by atoms with Gasteiger partial charge in [0.15, 0.2) is 0 Å². The average molecular weight is 266 g/mol. The lowest BCUT2D eigenvalue weighted by Gasteiger charge is -2.35. The molecular weight excluding hydrogens is 240 g/mol. The van der Waals surface area contributed by atoms with Crippen LogP contribution in [0.5, 0.6) is 5.75 Å². The number of hydrogen-bond donors (Lipinski definition) is 1. The molecule has 0 aliphatic heterocycles. The van der Waals surface area contributed by atoms with Crippen molar-refractivity contribution >= 4 is 0 Å². The van der Waals surface area contributed by atoms with E-state index in [2.05, 4.69) is 6.92 Å². The third-order valence-corrected chi connectivity index (χ3v) is 3.77. The minimum atomic E-state index is -0.618. The van der Waals surface area contributed by atoms with Crippen LogP contribution in [0.1, 0.15) is 51.7 Å². The number of methoxy groups -OCH3 is 1. The Balaban J connectivity index is 2.84. The maximum atomic E-state index is 10.5. The zero-order valence-corrected chi connectivity index (χ0v) is 12.5. The molecule has 0 aliphatic carbocycles. The first kappa shape index (κ1) is 16.0. The fraction of sp³-hybridized carbons (Fsp3) is 0.625. The van der Waals surface area contributed by atoms with E-state index in [1.54, 1.807) is 7.11 Å². The lowest BCUT2D eigenvalue weighted by Crippen LogP contribution is -2.37. The molecule has 1 rings (SSSR count). The zero-order chi connectivity index (χ0) is 14.3. The van der Waals surface area contributed by atoms with Crippen LogP contribution >= 0.6 is 0 Å². The summed E-state index contributed by atoms with van der Waals surface area (Å²) in [4.78, 5) is 0. The number of aliphatic hydroxyl groups is 1. The number of aliphatic hydroxyl groups excluding tert-OH is 1. The standard InChI is InChI=1S/C16H26O3/c1-5-12-19-14-10-8-13(9-11-14)15(17)16(6-2,7-3)18-4/h8-11,15,17H,5-7,12H2,1-4H3. The van der Waals surface area contributed by atoms with E-state index in [0.29, 0.717) is 6.61 Å². The number of ether oxygens (including phenoxy) is 2. The van der Waals surface area contributed by atoms with Crippen LogP contribution in [0.2, 0.25) is 0 Å². The Morgan fingerprint density at radius 1 is 1.11 bits per heavy atom. The number of rotatable bonds is 8. The molecule has 0 spiro atoms. The van der Waals surface area contributed by atoms with Gasteiger partial charge in [0.25, 0.3) is 0 Å².